The third-order valence-corrected chi connectivity index (χ3v) is 8.20. The van der Waals surface area contributed by atoms with E-state index in [0.717, 1.165) is 11.8 Å². The molecule has 1 saturated heterocycles. The molecule has 0 radical (unpaired) electrons. The highest BCUT2D eigenvalue weighted by molar-refractivity contribution is 8.16. The highest BCUT2D eigenvalue weighted by Gasteiger charge is 2.17. The smallest absolute Gasteiger partial charge is 0.286 e. The summed E-state index contributed by atoms with van der Waals surface area (Å²) in [5.41, 5.74) is 1.89. The molecule has 2 aromatic rings. The van der Waals surface area contributed by atoms with Crippen molar-refractivity contribution in [3.8, 4) is 5.75 Å². The number of hydrogen-bond donors (Lipinski definition) is 1. The van der Waals surface area contributed by atoms with Crippen LogP contribution in [0.3, 0.4) is 0 Å². The first-order chi connectivity index (χ1) is 14.0. The van der Waals surface area contributed by atoms with Crippen molar-refractivity contribution in [1.82, 2.24) is 4.90 Å². The molecule has 1 aliphatic rings. The molecule has 1 N–H and O–H groups in total. The van der Waals surface area contributed by atoms with Crippen molar-refractivity contribution in [2.45, 2.75) is 15.9 Å². The summed E-state index contributed by atoms with van der Waals surface area (Å²) in [5, 5.41) is 2.73. The van der Waals surface area contributed by atoms with E-state index in [1.54, 1.807) is 20.2 Å². The molecule has 0 spiro atoms. The van der Waals surface area contributed by atoms with Gasteiger partial charge in [-0.1, -0.05) is 24.3 Å². The van der Waals surface area contributed by atoms with Gasteiger partial charge in [-0.05, 0) is 59.5 Å². The zero-order valence-corrected chi connectivity index (χ0v) is 18.9. The van der Waals surface area contributed by atoms with Crippen molar-refractivity contribution < 1.29 is 14.3 Å². The molecule has 0 saturated carbocycles. The molecule has 154 valence electrons. The Hall–Kier alpha value is -1.77. The summed E-state index contributed by atoms with van der Waals surface area (Å²) in [6, 6.07) is 15.2. The second-order valence-corrected chi connectivity index (χ2v) is 10.3. The van der Waals surface area contributed by atoms with Crippen LogP contribution in [0.25, 0.3) is 0 Å². The number of thioether (sulfide) groups is 3. The van der Waals surface area contributed by atoms with E-state index < -0.39 is 0 Å². The molecule has 0 aliphatic carbocycles. The van der Waals surface area contributed by atoms with Gasteiger partial charge in [0.05, 0.1) is 10.3 Å². The van der Waals surface area contributed by atoms with Gasteiger partial charge in [-0.25, -0.2) is 0 Å². The second kappa shape index (κ2) is 10.8. The maximum absolute atomic E-state index is 12.3. The van der Waals surface area contributed by atoms with Gasteiger partial charge in [-0.15, -0.1) is 23.5 Å². The third kappa shape index (κ3) is 6.62. The van der Waals surface area contributed by atoms with Gasteiger partial charge in [-0.3, -0.25) is 9.59 Å². The Morgan fingerprint density at radius 1 is 1.10 bits per heavy atom. The molecule has 3 rings (SSSR count). The van der Waals surface area contributed by atoms with Gasteiger partial charge >= 0.3 is 0 Å². The first-order valence-electron chi connectivity index (χ1n) is 9.27. The second-order valence-electron chi connectivity index (χ2n) is 6.59. The molecule has 1 heterocycles. The largest absolute Gasteiger partial charge is 0.484 e. The zero-order valence-electron chi connectivity index (χ0n) is 16.4. The molecule has 8 heteroatoms. The number of rotatable bonds is 6. The molecule has 5 nitrogen and oxygen atoms in total. The van der Waals surface area contributed by atoms with E-state index in [1.165, 1.54) is 28.4 Å². The van der Waals surface area contributed by atoms with Crippen LogP contribution in [0.2, 0.25) is 0 Å². The quantitative estimate of drug-likeness (QED) is 0.602. The minimum atomic E-state index is -0.266. The van der Waals surface area contributed by atoms with Crippen LogP contribution in [0.15, 0.2) is 53.4 Å². The number of para-hydroxylation sites is 1. The van der Waals surface area contributed by atoms with E-state index in [2.05, 4.69) is 17.4 Å². The van der Waals surface area contributed by atoms with Crippen LogP contribution >= 0.6 is 35.3 Å². The molecule has 1 fully saturated rings. The lowest BCUT2D eigenvalue weighted by atomic mass is 10.2. The molecule has 29 heavy (non-hydrogen) atoms. The highest BCUT2D eigenvalue weighted by atomic mass is 32.2. The van der Waals surface area contributed by atoms with E-state index in [9.17, 15) is 9.59 Å². The lowest BCUT2D eigenvalue weighted by Crippen LogP contribution is -2.21. The summed E-state index contributed by atoms with van der Waals surface area (Å²) in [6.45, 7) is -0.0904. The fourth-order valence-electron chi connectivity index (χ4n) is 2.58. The van der Waals surface area contributed by atoms with Gasteiger partial charge in [0.2, 0.25) is 0 Å². The number of nitrogens with zero attached hydrogens (tertiary/aromatic N) is 1. The van der Waals surface area contributed by atoms with E-state index in [4.69, 9.17) is 4.74 Å². The van der Waals surface area contributed by atoms with E-state index >= 15 is 0 Å². The van der Waals surface area contributed by atoms with E-state index in [-0.39, 0.29) is 17.8 Å². The van der Waals surface area contributed by atoms with Crippen LogP contribution in [-0.2, 0) is 4.79 Å². The SMILES string of the molecule is CN(C)C(=O)Sc1ccccc1NC(=O)COc1ccc(C2SCCCS2)cc1. The van der Waals surface area contributed by atoms with Gasteiger partial charge in [-0.2, -0.15) is 0 Å². The molecule has 1 aliphatic heterocycles. The number of carbonyl (C=O) groups excluding carboxylic acids is 2. The first kappa shape index (κ1) is 21.9. The minimum Gasteiger partial charge on any atom is -0.484 e. The monoisotopic (exact) mass is 448 g/mol. The molecular formula is C21H24N2O3S3. The minimum absolute atomic E-state index is 0.0904. The number of anilines is 1. The Balaban J connectivity index is 1.53. The van der Waals surface area contributed by atoms with Crippen LogP contribution < -0.4 is 10.1 Å². The van der Waals surface area contributed by atoms with Crippen LogP contribution in [0.4, 0.5) is 10.5 Å². The number of amides is 2. The molecule has 2 amide bonds. The Morgan fingerprint density at radius 2 is 1.79 bits per heavy atom. The predicted molar refractivity (Wildman–Crippen MR) is 124 cm³/mol. The van der Waals surface area contributed by atoms with E-state index in [0.29, 0.717) is 20.9 Å². The summed E-state index contributed by atoms with van der Waals surface area (Å²) >= 11 is 5.03. The van der Waals surface area contributed by atoms with Gasteiger partial charge < -0.3 is 15.0 Å². The van der Waals surface area contributed by atoms with Crippen molar-refractivity contribution in [3.05, 3.63) is 54.1 Å². The standard InChI is InChI=1S/C21H24N2O3S3/c1-23(2)21(25)29-18-7-4-3-6-17(18)22-19(24)14-26-16-10-8-15(9-11-16)20-27-12-5-13-28-20/h3-4,6-11,20H,5,12-14H2,1-2H3,(H,22,24). The topological polar surface area (TPSA) is 58.6 Å². The molecule has 0 bridgehead atoms. The Kier molecular flexibility index (Phi) is 8.20. The molecular weight excluding hydrogens is 424 g/mol. The first-order valence-corrected chi connectivity index (χ1v) is 12.2. The molecule has 0 aromatic heterocycles. The average Bonchev–Trinajstić information content (AvgIpc) is 2.74. The van der Waals surface area contributed by atoms with Crippen molar-refractivity contribution in [1.29, 1.82) is 0 Å². The summed E-state index contributed by atoms with van der Waals surface area (Å²) < 4.78 is 6.12. The summed E-state index contributed by atoms with van der Waals surface area (Å²) in [6.07, 6.45) is 1.27. The maximum Gasteiger partial charge on any atom is 0.286 e. The zero-order chi connectivity index (χ0) is 20.6. The molecule has 2 aromatic carbocycles. The van der Waals surface area contributed by atoms with Crippen molar-refractivity contribution in [3.63, 3.8) is 0 Å². The van der Waals surface area contributed by atoms with Gasteiger partial charge in [0.15, 0.2) is 6.61 Å². The normalized spacial score (nSPS) is 14.3. The summed E-state index contributed by atoms with van der Waals surface area (Å²) in [5.74, 6) is 2.81. The number of ether oxygens (including phenoxy) is 1. The van der Waals surface area contributed by atoms with Crippen molar-refractivity contribution in [2.75, 3.05) is 37.5 Å². The summed E-state index contributed by atoms with van der Waals surface area (Å²) in [4.78, 5) is 26.5. The Bertz CT molecular complexity index is 837. The van der Waals surface area contributed by atoms with Crippen molar-refractivity contribution >= 4 is 52.1 Å². The lowest BCUT2D eigenvalue weighted by molar-refractivity contribution is -0.118. The molecule has 0 atom stereocenters. The fourth-order valence-corrected chi connectivity index (χ4v) is 6.22. The predicted octanol–water partition coefficient (Wildman–Crippen LogP) is 5.35. The Morgan fingerprint density at radius 3 is 2.48 bits per heavy atom. The number of hydrogen-bond acceptors (Lipinski definition) is 6. The van der Waals surface area contributed by atoms with Gasteiger partial charge in [0, 0.05) is 19.0 Å². The third-order valence-electron chi connectivity index (χ3n) is 4.07. The maximum atomic E-state index is 12.3. The lowest BCUT2D eigenvalue weighted by Gasteiger charge is -2.21. The van der Waals surface area contributed by atoms with Crippen LogP contribution in [-0.4, -0.2) is 48.3 Å². The van der Waals surface area contributed by atoms with Gasteiger partial charge in [0.1, 0.15) is 5.75 Å². The van der Waals surface area contributed by atoms with E-state index in [1.807, 2.05) is 53.9 Å². The number of benzene rings is 2. The highest BCUT2D eigenvalue weighted by Crippen LogP contribution is 2.43. The summed E-state index contributed by atoms with van der Waals surface area (Å²) in [7, 11) is 3.39. The average molecular weight is 449 g/mol. The number of nitrogens with one attached hydrogen (secondary N) is 1. The van der Waals surface area contributed by atoms with Crippen LogP contribution in [0, 0.1) is 0 Å². The fraction of sp³-hybridized carbons (Fsp3) is 0.333. The van der Waals surface area contributed by atoms with Crippen molar-refractivity contribution in [2.24, 2.45) is 0 Å². The van der Waals surface area contributed by atoms with Gasteiger partial charge in [0.25, 0.3) is 11.1 Å². The number of carbonyl (C=O) groups is 2. The van der Waals surface area contributed by atoms with Crippen LogP contribution in [0.1, 0.15) is 16.6 Å². The molecule has 0 unspecified atom stereocenters. The van der Waals surface area contributed by atoms with Crippen LogP contribution in [0.5, 0.6) is 5.75 Å². The Labute approximate surface area is 184 Å².